The molecule has 1 aromatic carbocycles. The van der Waals surface area contributed by atoms with E-state index in [1.807, 2.05) is 19.9 Å². The van der Waals surface area contributed by atoms with Crippen LogP contribution in [0, 0.1) is 0 Å². The second kappa shape index (κ2) is 4.91. The van der Waals surface area contributed by atoms with Crippen LogP contribution in [0.3, 0.4) is 0 Å². The van der Waals surface area contributed by atoms with E-state index in [0.29, 0.717) is 11.3 Å². The number of methoxy groups -OCH3 is 1. The van der Waals surface area contributed by atoms with Crippen molar-refractivity contribution in [2.24, 2.45) is 0 Å². The highest BCUT2D eigenvalue weighted by Gasteiger charge is 2.33. The van der Waals surface area contributed by atoms with Crippen LogP contribution in [0.4, 0.5) is 11.4 Å². The number of carbonyl (C=O) groups excluding carboxylic acids is 2. The van der Waals surface area contributed by atoms with Crippen LogP contribution in [0.2, 0.25) is 0 Å². The number of nitrogens with zero attached hydrogens (tertiary/aromatic N) is 1. The van der Waals surface area contributed by atoms with Gasteiger partial charge < -0.3 is 15.0 Å². The Kier molecular flexibility index (Phi) is 3.46. The smallest absolute Gasteiger partial charge is 0.340 e. The molecule has 0 bridgehead atoms. The van der Waals surface area contributed by atoms with Gasteiger partial charge in [0.05, 0.1) is 24.0 Å². The molecule has 1 unspecified atom stereocenters. The van der Waals surface area contributed by atoms with E-state index < -0.39 is 5.97 Å². The molecule has 0 saturated heterocycles. The van der Waals surface area contributed by atoms with E-state index >= 15 is 0 Å². The number of rotatable bonds is 2. The minimum Gasteiger partial charge on any atom is -0.465 e. The summed E-state index contributed by atoms with van der Waals surface area (Å²) in [4.78, 5) is 25.7. The van der Waals surface area contributed by atoms with E-state index in [4.69, 9.17) is 4.74 Å². The highest BCUT2D eigenvalue weighted by Crippen LogP contribution is 2.35. The summed E-state index contributed by atoms with van der Waals surface area (Å²) in [6.45, 7) is 5.68. The number of amides is 1. The molecule has 1 heterocycles. The molecule has 1 aliphatic rings. The number of benzene rings is 1. The molecule has 5 nitrogen and oxygen atoms in total. The highest BCUT2D eigenvalue weighted by molar-refractivity contribution is 6.09. The average molecular weight is 262 g/mol. The molecule has 0 fully saturated rings. The van der Waals surface area contributed by atoms with Crippen LogP contribution in [0.25, 0.3) is 0 Å². The van der Waals surface area contributed by atoms with Gasteiger partial charge in [-0.2, -0.15) is 0 Å². The zero-order valence-electron chi connectivity index (χ0n) is 11.6. The molecule has 0 aliphatic carbocycles. The number of esters is 1. The largest absolute Gasteiger partial charge is 0.465 e. The number of carbonyl (C=O) groups is 2. The third kappa shape index (κ3) is 2.16. The Labute approximate surface area is 112 Å². The first-order valence-electron chi connectivity index (χ1n) is 6.28. The van der Waals surface area contributed by atoms with Crippen molar-refractivity contribution in [3.8, 4) is 0 Å². The number of nitrogens with one attached hydrogen (secondary N) is 1. The lowest BCUT2D eigenvalue weighted by Gasteiger charge is -2.37. The van der Waals surface area contributed by atoms with E-state index in [-0.39, 0.29) is 18.0 Å². The molecule has 1 aromatic rings. The van der Waals surface area contributed by atoms with Crippen molar-refractivity contribution >= 4 is 23.3 Å². The Balaban J connectivity index is 2.59. The monoisotopic (exact) mass is 262 g/mol. The van der Waals surface area contributed by atoms with Crippen LogP contribution in [0.15, 0.2) is 18.2 Å². The predicted molar refractivity (Wildman–Crippen MR) is 73.5 cm³/mol. The molecular weight excluding hydrogens is 244 g/mol. The number of fused-ring (bicyclic) bond motifs is 1. The third-order valence-electron chi connectivity index (χ3n) is 3.19. The van der Waals surface area contributed by atoms with Gasteiger partial charge in [-0.05, 0) is 32.9 Å². The lowest BCUT2D eigenvalue weighted by atomic mass is 10.0. The van der Waals surface area contributed by atoms with Crippen molar-refractivity contribution in [3.63, 3.8) is 0 Å². The quantitative estimate of drug-likeness (QED) is 0.828. The minimum atomic E-state index is -0.408. The van der Waals surface area contributed by atoms with Gasteiger partial charge in [0.15, 0.2) is 0 Å². The zero-order valence-corrected chi connectivity index (χ0v) is 11.6. The Bertz CT molecular complexity index is 525. The highest BCUT2D eigenvalue weighted by atomic mass is 16.5. The number of ether oxygens (including phenoxy) is 1. The van der Waals surface area contributed by atoms with Crippen LogP contribution in [-0.2, 0) is 9.53 Å². The molecule has 19 heavy (non-hydrogen) atoms. The molecule has 0 spiro atoms. The summed E-state index contributed by atoms with van der Waals surface area (Å²) in [6, 6.07) is 4.95. The van der Waals surface area contributed by atoms with Crippen LogP contribution < -0.4 is 10.2 Å². The van der Waals surface area contributed by atoms with Crippen LogP contribution in [0.5, 0.6) is 0 Å². The fraction of sp³-hybridized carbons (Fsp3) is 0.429. The summed E-state index contributed by atoms with van der Waals surface area (Å²) in [5.41, 5.74) is 1.83. The summed E-state index contributed by atoms with van der Waals surface area (Å²) < 4.78 is 4.78. The maximum atomic E-state index is 12.2. The average Bonchev–Trinajstić information content (AvgIpc) is 2.38. The number of para-hydroxylation sites is 1. The molecule has 1 atom stereocenters. The minimum absolute atomic E-state index is 0.00418. The SMILES string of the molecule is COC(=O)c1cccc2c1NC(C)C(=O)N2C(C)C. The van der Waals surface area contributed by atoms with Crippen LogP contribution in [-0.4, -0.2) is 31.1 Å². The predicted octanol–water partition coefficient (Wildman–Crippen LogP) is 2.03. The molecule has 1 amide bonds. The van der Waals surface area contributed by atoms with E-state index in [2.05, 4.69) is 5.32 Å². The van der Waals surface area contributed by atoms with E-state index in [1.54, 1.807) is 24.0 Å². The van der Waals surface area contributed by atoms with Gasteiger partial charge in [-0.3, -0.25) is 4.79 Å². The fourth-order valence-electron chi connectivity index (χ4n) is 2.31. The molecule has 2 rings (SSSR count). The van der Waals surface area contributed by atoms with Crippen LogP contribution >= 0.6 is 0 Å². The van der Waals surface area contributed by atoms with E-state index in [0.717, 1.165) is 5.69 Å². The van der Waals surface area contributed by atoms with Gasteiger partial charge in [0, 0.05) is 6.04 Å². The number of anilines is 2. The third-order valence-corrected chi connectivity index (χ3v) is 3.19. The van der Waals surface area contributed by atoms with Gasteiger partial charge in [0.25, 0.3) is 0 Å². The topological polar surface area (TPSA) is 58.6 Å². The Morgan fingerprint density at radius 1 is 1.42 bits per heavy atom. The first-order chi connectivity index (χ1) is 8.97. The molecule has 5 heteroatoms. The number of hydrogen-bond acceptors (Lipinski definition) is 4. The van der Waals surface area contributed by atoms with Crippen molar-refractivity contribution in [1.82, 2.24) is 0 Å². The van der Waals surface area contributed by atoms with Gasteiger partial charge in [0.2, 0.25) is 5.91 Å². The van der Waals surface area contributed by atoms with E-state index in [1.165, 1.54) is 7.11 Å². The van der Waals surface area contributed by atoms with Crippen molar-refractivity contribution in [1.29, 1.82) is 0 Å². The normalized spacial score (nSPS) is 18.1. The van der Waals surface area contributed by atoms with E-state index in [9.17, 15) is 9.59 Å². The lowest BCUT2D eigenvalue weighted by Crippen LogP contribution is -2.49. The van der Waals surface area contributed by atoms with Gasteiger partial charge >= 0.3 is 5.97 Å². The molecule has 1 aliphatic heterocycles. The zero-order chi connectivity index (χ0) is 14.2. The second-order valence-corrected chi connectivity index (χ2v) is 4.86. The van der Waals surface area contributed by atoms with Gasteiger partial charge in [-0.25, -0.2) is 4.79 Å². The Morgan fingerprint density at radius 2 is 2.11 bits per heavy atom. The van der Waals surface area contributed by atoms with Crippen molar-refractivity contribution in [3.05, 3.63) is 23.8 Å². The fourth-order valence-corrected chi connectivity index (χ4v) is 2.31. The number of hydrogen-bond donors (Lipinski definition) is 1. The first kappa shape index (κ1) is 13.4. The molecule has 0 saturated carbocycles. The maximum Gasteiger partial charge on any atom is 0.340 e. The van der Waals surface area contributed by atoms with Crippen molar-refractivity contribution < 1.29 is 14.3 Å². The molecule has 0 radical (unpaired) electrons. The summed E-state index contributed by atoms with van der Waals surface area (Å²) in [7, 11) is 1.35. The molecule has 0 aromatic heterocycles. The Hall–Kier alpha value is -2.04. The van der Waals surface area contributed by atoms with Gasteiger partial charge in [-0.1, -0.05) is 6.07 Å². The Morgan fingerprint density at radius 3 is 2.68 bits per heavy atom. The second-order valence-electron chi connectivity index (χ2n) is 4.86. The summed E-state index contributed by atoms with van der Waals surface area (Å²) >= 11 is 0. The van der Waals surface area contributed by atoms with Crippen molar-refractivity contribution in [2.45, 2.75) is 32.9 Å². The molecule has 1 N–H and O–H groups in total. The van der Waals surface area contributed by atoms with Crippen molar-refractivity contribution in [2.75, 3.05) is 17.3 Å². The summed E-state index contributed by atoms with van der Waals surface area (Å²) in [6.07, 6.45) is 0. The van der Waals surface area contributed by atoms with Gasteiger partial charge in [0.1, 0.15) is 6.04 Å². The summed E-state index contributed by atoms with van der Waals surface area (Å²) in [5, 5.41) is 3.09. The van der Waals surface area contributed by atoms with Crippen LogP contribution in [0.1, 0.15) is 31.1 Å². The molecule has 102 valence electrons. The summed E-state index contributed by atoms with van der Waals surface area (Å²) in [5.74, 6) is -0.404. The standard InChI is InChI=1S/C14H18N2O3/c1-8(2)16-11-7-5-6-10(14(18)19-4)12(11)15-9(3)13(16)17/h5-9,15H,1-4H3. The molecular formula is C14H18N2O3. The maximum absolute atomic E-state index is 12.2. The first-order valence-corrected chi connectivity index (χ1v) is 6.28. The lowest BCUT2D eigenvalue weighted by molar-refractivity contribution is -0.119. The van der Waals surface area contributed by atoms with Gasteiger partial charge in [-0.15, -0.1) is 0 Å².